The van der Waals surface area contributed by atoms with Crippen LogP contribution in [0.25, 0.3) is 0 Å². The molecule has 11 heavy (non-hydrogen) atoms. The Labute approximate surface area is 64.4 Å². The van der Waals surface area contributed by atoms with Crippen molar-refractivity contribution in [3.05, 3.63) is 17.8 Å². The van der Waals surface area contributed by atoms with Gasteiger partial charge < -0.3 is 10.2 Å². The minimum atomic E-state index is -0.333. The molecule has 0 aromatic carbocycles. The summed E-state index contributed by atoms with van der Waals surface area (Å²) >= 11 is 0. The zero-order chi connectivity index (χ0) is 8.27. The molecule has 1 aromatic heterocycles. The van der Waals surface area contributed by atoms with Crippen molar-refractivity contribution in [3.63, 3.8) is 0 Å². The predicted octanol–water partition coefficient (Wildman–Crippen LogP) is 0.401. The lowest BCUT2D eigenvalue weighted by atomic mass is 10.3. The first-order chi connectivity index (χ1) is 5.18. The van der Waals surface area contributed by atoms with E-state index in [1.54, 1.807) is 13.1 Å². The molecule has 0 atom stereocenters. The second-order valence-corrected chi connectivity index (χ2v) is 2.33. The lowest BCUT2D eigenvalue weighted by Crippen LogP contribution is -2.11. The maximum atomic E-state index is 10.3. The second-order valence-electron chi connectivity index (χ2n) is 2.33. The summed E-state index contributed by atoms with van der Waals surface area (Å²) in [5.41, 5.74) is 4.94. The highest BCUT2D eigenvalue weighted by Gasteiger charge is 2.01. The van der Waals surface area contributed by atoms with E-state index in [4.69, 9.17) is 10.2 Å². The Hall–Kier alpha value is -1.32. The third-order valence-electron chi connectivity index (χ3n) is 1.25. The van der Waals surface area contributed by atoms with Gasteiger partial charge in [-0.2, -0.15) is 0 Å². The molecular weight excluding hydrogens is 144 g/mol. The highest BCUT2D eigenvalue weighted by molar-refractivity contribution is 5.73. The van der Waals surface area contributed by atoms with Gasteiger partial charge in [0, 0.05) is 12.8 Å². The number of carbonyl (C=O) groups is 1. The zero-order valence-corrected chi connectivity index (χ0v) is 6.33. The molecular formula is C7H10N2O2. The average Bonchev–Trinajstić information content (AvgIpc) is 2.31. The van der Waals surface area contributed by atoms with E-state index in [9.17, 15) is 4.79 Å². The van der Waals surface area contributed by atoms with Crippen molar-refractivity contribution in [2.75, 3.05) is 0 Å². The monoisotopic (exact) mass is 154 g/mol. The summed E-state index contributed by atoms with van der Waals surface area (Å²) in [6, 6.07) is 0. The highest BCUT2D eigenvalue weighted by atomic mass is 16.4. The molecule has 1 aromatic rings. The largest absolute Gasteiger partial charge is 0.446 e. The van der Waals surface area contributed by atoms with Gasteiger partial charge in [-0.25, -0.2) is 4.98 Å². The van der Waals surface area contributed by atoms with Crippen molar-refractivity contribution in [2.45, 2.75) is 19.8 Å². The topological polar surface area (TPSA) is 69.1 Å². The summed E-state index contributed by atoms with van der Waals surface area (Å²) in [7, 11) is 0. The van der Waals surface area contributed by atoms with Gasteiger partial charge in [-0.1, -0.05) is 0 Å². The normalized spacial score (nSPS) is 9.91. The number of aryl methyl sites for hydroxylation is 2. The van der Waals surface area contributed by atoms with Crippen molar-refractivity contribution in [3.8, 4) is 0 Å². The minimum absolute atomic E-state index is 0.292. The number of aromatic nitrogens is 1. The third kappa shape index (κ3) is 2.41. The van der Waals surface area contributed by atoms with Crippen LogP contribution in [0.15, 0.2) is 10.6 Å². The van der Waals surface area contributed by atoms with Crippen LogP contribution in [0, 0.1) is 6.92 Å². The minimum Gasteiger partial charge on any atom is -0.446 e. The number of amides is 1. The van der Waals surface area contributed by atoms with Crippen molar-refractivity contribution in [1.29, 1.82) is 0 Å². The van der Waals surface area contributed by atoms with Crippen LogP contribution < -0.4 is 5.73 Å². The fourth-order valence-corrected chi connectivity index (χ4v) is 0.747. The maximum Gasteiger partial charge on any atom is 0.217 e. The Balaban J connectivity index is 2.45. The Kier molecular flexibility index (Phi) is 2.25. The molecule has 0 radical (unpaired) electrons. The van der Waals surface area contributed by atoms with E-state index in [1.807, 2.05) is 0 Å². The van der Waals surface area contributed by atoms with E-state index in [2.05, 4.69) is 4.98 Å². The molecule has 0 spiro atoms. The Bertz CT molecular complexity index is 255. The molecule has 0 saturated carbocycles. The fourth-order valence-electron chi connectivity index (χ4n) is 0.747. The van der Waals surface area contributed by atoms with Crippen LogP contribution in [0.4, 0.5) is 0 Å². The molecule has 0 aliphatic carbocycles. The number of rotatable bonds is 3. The molecule has 1 heterocycles. The van der Waals surface area contributed by atoms with E-state index in [-0.39, 0.29) is 5.91 Å². The number of hydrogen-bond acceptors (Lipinski definition) is 3. The number of oxazole rings is 1. The predicted molar refractivity (Wildman–Crippen MR) is 38.8 cm³/mol. The first-order valence-electron chi connectivity index (χ1n) is 3.38. The summed E-state index contributed by atoms with van der Waals surface area (Å²) < 4.78 is 5.12. The van der Waals surface area contributed by atoms with Crippen LogP contribution in [0.1, 0.15) is 18.1 Å². The number of hydrogen-bond donors (Lipinski definition) is 1. The number of primary amides is 1. The number of nitrogens with two attached hydrogens (primary N) is 1. The van der Waals surface area contributed by atoms with Crippen molar-refractivity contribution >= 4 is 5.91 Å². The molecule has 60 valence electrons. The van der Waals surface area contributed by atoms with Crippen LogP contribution in [-0.4, -0.2) is 10.9 Å². The van der Waals surface area contributed by atoms with E-state index in [0.717, 1.165) is 5.76 Å². The van der Waals surface area contributed by atoms with Crippen LogP contribution in [0.2, 0.25) is 0 Å². The standard InChI is InChI=1S/C7H10N2O2/c1-5-4-9-7(11-5)3-2-6(8)10/h4H,2-3H2,1H3,(H2,8,10). The fraction of sp³-hybridized carbons (Fsp3) is 0.429. The Morgan fingerprint density at radius 3 is 3.00 bits per heavy atom. The Morgan fingerprint density at radius 1 is 1.82 bits per heavy atom. The van der Waals surface area contributed by atoms with Crippen molar-refractivity contribution < 1.29 is 9.21 Å². The van der Waals surface area contributed by atoms with E-state index < -0.39 is 0 Å². The third-order valence-corrected chi connectivity index (χ3v) is 1.25. The smallest absolute Gasteiger partial charge is 0.217 e. The van der Waals surface area contributed by atoms with Gasteiger partial charge in [0.25, 0.3) is 0 Å². The van der Waals surface area contributed by atoms with Crippen LogP contribution in [0.3, 0.4) is 0 Å². The molecule has 0 fully saturated rings. The first kappa shape index (κ1) is 7.78. The molecule has 0 saturated heterocycles. The molecule has 0 aliphatic heterocycles. The number of nitrogens with zero attached hydrogens (tertiary/aromatic N) is 1. The Morgan fingerprint density at radius 2 is 2.55 bits per heavy atom. The van der Waals surface area contributed by atoms with Crippen LogP contribution in [0.5, 0.6) is 0 Å². The van der Waals surface area contributed by atoms with Crippen LogP contribution in [-0.2, 0) is 11.2 Å². The lowest BCUT2D eigenvalue weighted by molar-refractivity contribution is -0.118. The van der Waals surface area contributed by atoms with Gasteiger partial charge >= 0.3 is 0 Å². The van der Waals surface area contributed by atoms with E-state index in [1.165, 1.54) is 0 Å². The summed E-state index contributed by atoms with van der Waals surface area (Å²) in [5, 5.41) is 0. The molecule has 0 bridgehead atoms. The van der Waals surface area contributed by atoms with Crippen molar-refractivity contribution in [2.24, 2.45) is 5.73 Å². The molecule has 2 N–H and O–H groups in total. The molecule has 0 unspecified atom stereocenters. The molecule has 4 heteroatoms. The maximum absolute atomic E-state index is 10.3. The van der Waals surface area contributed by atoms with Gasteiger partial charge in [-0.15, -0.1) is 0 Å². The van der Waals surface area contributed by atoms with E-state index in [0.29, 0.717) is 18.7 Å². The second kappa shape index (κ2) is 3.18. The van der Waals surface area contributed by atoms with Gasteiger partial charge in [0.15, 0.2) is 5.89 Å². The quantitative estimate of drug-likeness (QED) is 0.685. The van der Waals surface area contributed by atoms with E-state index >= 15 is 0 Å². The summed E-state index contributed by atoms with van der Waals surface area (Å²) in [5.74, 6) is 0.992. The SMILES string of the molecule is Cc1cnc(CCC(N)=O)o1. The summed E-state index contributed by atoms with van der Waals surface area (Å²) in [4.78, 5) is 14.2. The van der Waals surface area contributed by atoms with Gasteiger partial charge in [0.05, 0.1) is 6.20 Å². The summed E-state index contributed by atoms with van der Waals surface area (Å²) in [6.45, 7) is 1.81. The van der Waals surface area contributed by atoms with Gasteiger partial charge in [-0.3, -0.25) is 4.79 Å². The van der Waals surface area contributed by atoms with Gasteiger partial charge in [0.1, 0.15) is 5.76 Å². The van der Waals surface area contributed by atoms with Gasteiger partial charge in [0.2, 0.25) is 5.91 Å². The van der Waals surface area contributed by atoms with Crippen LogP contribution >= 0.6 is 0 Å². The van der Waals surface area contributed by atoms with Crippen molar-refractivity contribution in [1.82, 2.24) is 4.98 Å². The molecule has 0 aliphatic rings. The molecule has 1 rings (SSSR count). The highest BCUT2D eigenvalue weighted by Crippen LogP contribution is 2.03. The number of carbonyl (C=O) groups excluding carboxylic acids is 1. The lowest BCUT2D eigenvalue weighted by Gasteiger charge is -1.89. The van der Waals surface area contributed by atoms with Gasteiger partial charge in [-0.05, 0) is 6.92 Å². The average molecular weight is 154 g/mol. The first-order valence-corrected chi connectivity index (χ1v) is 3.38. The molecule has 4 nitrogen and oxygen atoms in total. The molecule has 1 amide bonds. The zero-order valence-electron chi connectivity index (χ0n) is 6.33. The summed E-state index contributed by atoms with van der Waals surface area (Å²) in [6.07, 6.45) is 2.40.